The van der Waals surface area contributed by atoms with Crippen LogP contribution in [0.25, 0.3) is 0 Å². The third-order valence-corrected chi connectivity index (χ3v) is 4.93. The second kappa shape index (κ2) is 11.2. The zero-order chi connectivity index (χ0) is 19.6. The van der Waals surface area contributed by atoms with Crippen molar-refractivity contribution in [1.29, 1.82) is 0 Å². The molecule has 0 aliphatic rings. The Kier molecular flexibility index (Phi) is 8.89. The van der Waals surface area contributed by atoms with Gasteiger partial charge in [0.05, 0.1) is 13.2 Å². The Hall–Kier alpha value is -1.78. The number of unbranched alkanes of at least 4 members (excludes halogenated alkanes) is 2. The van der Waals surface area contributed by atoms with Crippen molar-refractivity contribution in [1.82, 2.24) is 5.32 Å². The smallest absolute Gasteiger partial charge is 0.131 e. The fourth-order valence-electron chi connectivity index (χ4n) is 3.47. The van der Waals surface area contributed by atoms with Crippen LogP contribution in [0.15, 0.2) is 36.4 Å². The van der Waals surface area contributed by atoms with Crippen LogP contribution in [-0.2, 0) is 11.3 Å². The summed E-state index contributed by atoms with van der Waals surface area (Å²) in [4.78, 5) is 0. The molecule has 27 heavy (non-hydrogen) atoms. The molecule has 0 saturated heterocycles. The lowest BCUT2D eigenvalue weighted by molar-refractivity contribution is 0.101. The molecular weight excluding hydrogens is 344 g/mol. The van der Waals surface area contributed by atoms with Gasteiger partial charge in [0.2, 0.25) is 0 Å². The Morgan fingerprint density at radius 3 is 2.22 bits per heavy atom. The Labute approximate surface area is 161 Å². The molecule has 0 radical (unpaired) electrons. The minimum atomic E-state index is -0.559. The van der Waals surface area contributed by atoms with Crippen molar-refractivity contribution >= 4 is 0 Å². The van der Waals surface area contributed by atoms with Crippen molar-refractivity contribution in [2.45, 2.75) is 52.6 Å². The van der Waals surface area contributed by atoms with E-state index in [2.05, 4.69) is 44.3 Å². The molecule has 0 aliphatic carbocycles. The number of rotatable bonds is 11. The molecule has 0 amide bonds. The third-order valence-electron chi connectivity index (χ3n) is 4.93. The summed E-state index contributed by atoms with van der Waals surface area (Å²) in [6.45, 7) is 8.50. The van der Waals surface area contributed by atoms with Crippen LogP contribution in [0.3, 0.4) is 0 Å². The molecule has 0 heterocycles. The van der Waals surface area contributed by atoms with E-state index in [1.807, 2.05) is 0 Å². The maximum absolute atomic E-state index is 13.8. The molecule has 2 rings (SSSR count). The quantitative estimate of drug-likeness (QED) is 0.512. The summed E-state index contributed by atoms with van der Waals surface area (Å²) in [5.74, 6) is -0.977. The van der Waals surface area contributed by atoms with Gasteiger partial charge in [0, 0.05) is 18.0 Å². The summed E-state index contributed by atoms with van der Waals surface area (Å²) in [7, 11) is 0. The van der Waals surface area contributed by atoms with Gasteiger partial charge < -0.3 is 10.1 Å². The summed E-state index contributed by atoms with van der Waals surface area (Å²) in [6, 6.07) is 10.1. The number of hydrogen-bond acceptors (Lipinski definition) is 2. The van der Waals surface area contributed by atoms with Crippen molar-refractivity contribution in [3.8, 4) is 0 Å². The van der Waals surface area contributed by atoms with Crippen LogP contribution < -0.4 is 5.32 Å². The van der Waals surface area contributed by atoms with Crippen LogP contribution >= 0.6 is 0 Å². The molecule has 0 bridgehead atoms. The number of nitrogens with one attached hydrogen (secondary N) is 1. The van der Waals surface area contributed by atoms with E-state index in [0.29, 0.717) is 6.61 Å². The number of halogens is 2. The van der Waals surface area contributed by atoms with Gasteiger partial charge in [0.25, 0.3) is 0 Å². The van der Waals surface area contributed by atoms with Crippen molar-refractivity contribution in [2.75, 3.05) is 19.7 Å². The first-order valence-corrected chi connectivity index (χ1v) is 9.82. The molecule has 4 heteroatoms. The molecule has 0 aromatic heterocycles. The Morgan fingerprint density at radius 1 is 0.963 bits per heavy atom. The van der Waals surface area contributed by atoms with Crippen molar-refractivity contribution in [2.24, 2.45) is 0 Å². The Bertz CT molecular complexity index is 677. The zero-order valence-corrected chi connectivity index (χ0v) is 16.7. The van der Waals surface area contributed by atoms with Crippen LogP contribution in [-0.4, -0.2) is 19.7 Å². The first kappa shape index (κ1) is 21.5. The first-order valence-electron chi connectivity index (χ1n) is 9.82. The molecule has 0 fully saturated rings. The number of hydrogen-bond donors (Lipinski definition) is 1. The average Bonchev–Trinajstić information content (AvgIpc) is 2.63. The maximum Gasteiger partial charge on any atom is 0.131 e. The molecule has 2 nitrogen and oxygen atoms in total. The van der Waals surface area contributed by atoms with Gasteiger partial charge in [0.1, 0.15) is 11.6 Å². The lowest BCUT2D eigenvalue weighted by Crippen LogP contribution is -2.26. The second-order valence-electron chi connectivity index (χ2n) is 7.13. The van der Waals surface area contributed by atoms with Crippen LogP contribution in [0.1, 0.15) is 54.4 Å². The van der Waals surface area contributed by atoms with Crippen LogP contribution in [0.5, 0.6) is 0 Å². The fourth-order valence-corrected chi connectivity index (χ4v) is 3.47. The third kappa shape index (κ3) is 6.40. The highest BCUT2D eigenvalue weighted by Gasteiger charge is 2.17. The van der Waals surface area contributed by atoms with Gasteiger partial charge >= 0.3 is 0 Å². The fraction of sp³-hybridized carbons (Fsp3) is 0.478. The normalized spacial score (nSPS) is 12.3. The molecule has 2 aromatic carbocycles. The predicted molar refractivity (Wildman–Crippen MR) is 107 cm³/mol. The molecule has 0 spiro atoms. The van der Waals surface area contributed by atoms with E-state index in [-0.39, 0.29) is 18.1 Å². The SMILES string of the molecule is CCCCCNCC(COCc1c(F)cccc1F)c1c(C)cccc1C. The summed E-state index contributed by atoms with van der Waals surface area (Å²) in [5, 5.41) is 3.52. The molecule has 1 atom stereocenters. The first-order chi connectivity index (χ1) is 13.0. The van der Waals surface area contributed by atoms with Crippen LogP contribution in [0, 0.1) is 25.5 Å². The molecule has 0 saturated carbocycles. The lowest BCUT2D eigenvalue weighted by Gasteiger charge is -2.22. The monoisotopic (exact) mass is 375 g/mol. The highest BCUT2D eigenvalue weighted by Crippen LogP contribution is 2.24. The van der Waals surface area contributed by atoms with Gasteiger partial charge in [-0.05, 0) is 55.6 Å². The van der Waals surface area contributed by atoms with Gasteiger partial charge in [-0.15, -0.1) is 0 Å². The Balaban J connectivity index is 2.03. The van der Waals surface area contributed by atoms with Crippen molar-refractivity contribution in [3.63, 3.8) is 0 Å². The van der Waals surface area contributed by atoms with Crippen molar-refractivity contribution in [3.05, 3.63) is 70.3 Å². The van der Waals surface area contributed by atoms with Gasteiger partial charge in [-0.1, -0.05) is 44.0 Å². The van der Waals surface area contributed by atoms with E-state index in [0.717, 1.165) is 19.5 Å². The summed E-state index contributed by atoms with van der Waals surface area (Å²) in [5.41, 5.74) is 3.69. The topological polar surface area (TPSA) is 21.3 Å². The minimum Gasteiger partial charge on any atom is -0.376 e. The number of benzene rings is 2. The molecular formula is C23H31F2NO. The Morgan fingerprint density at radius 2 is 1.59 bits per heavy atom. The highest BCUT2D eigenvalue weighted by atomic mass is 19.1. The van der Waals surface area contributed by atoms with E-state index < -0.39 is 11.6 Å². The van der Waals surface area contributed by atoms with E-state index in [4.69, 9.17) is 4.74 Å². The standard InChI is InChI=1S/C23H31F2NO/c1-4-5-6-13-26-14-19(23-17(2)9-7-10-18(23)3)15-27-16-20-21(24)11-8-12-22(20)25/h7-12,19,26H,4-6,13-16H2,1-3H3. The number of ether oxygens (including phenoxy) is 1. The average molecular weight is 376 g/mol. The predicted octanol–water partition coefficient (Wildman–Crippen LogP) is 5.66. The number of aryl methyl sites for hydroxylation is 2. The van der Waals surface area contributed by atoms with Gasteiger partial charge in [-0.3, -0.25) is 0 Å². The molecule has 1 N–H and O–H groups in total. The van der Waals surface area contributed by atoms with E-state index in [1.165, 1.54) is 47.7 Å². The summed E-state index contributed by atoms with van der Waals surface area (Å²) >= 11 is 0. The largest absolute Gasteiger partial charge is 0.376 e. The van der Waals surface area contributed by atoms with Crippen LogP contribution in [0.4, 0.5) is 8.78 Å². The highest BCUT2D eigenvalue weighted by molar-refractivity contribution is 5.37. The second-order valence-corrected chi connectivity index (χ2v) is 7.13. The van der Waals surface area contributed by atoms with E-state index in [9.17, 15) is 8.78 Å². The lowest BCUT2D eigenvalue weighted by atomic mass is 9.91. The maximum atomic E-state index is 13.8. The molecule has 2 aromatic rings. The zero-order valence-electron chi connectivity index (χ0n) is 16.7. The minimum absolute atomic E-state index is 0.00587. The van der Waals surface area contributed by atoms with Gasteiger partial charge in [0.15, 0.2) is 0 Å². The molecule has 148 valence electrons. The summed E-state index contributed by atoms with van der Waals surface area (Å²) < 4.78 is 33.4. The van der Waals surface area contributed by atoms with Crippen molar-refractivity contribution < 1.29 is 13.5 Å². The van der Waals surface area contributed by atoms with Gasteiger partial charge in [-0.25, -0.2) is 8.78 Å². The molecule has 0 aliphatic heterocycles. The van der Waals surface area contributed by atoms with Crippen LogP contribution in [0.2, 0.25) is 0 Å². The van der Waals surface area contributed by atoms with E-state index >= 15 is 0 Å². The summed E-state index contributed by atoms with van der Waals surface area (Å²) in [6.07, 6.45) is 3.56. The molecule has 1 unspecified atom stereocenters. The van der Waals surface area contributed by atoms with Gasteiger partial charge in [-0.2, -0.15) is 0 Å². The van der Waals surface area contributed by atoms with E-state index in [1.54, 1.807) is 0 Å².